The summed E-state index contributed by atoms with van der Waals surface area (Å²) < 4.78 is 1.97. The second kappa shape index (κ2) is 6.64. The zero-order chi connectivity index (χ0) is 18.2. The molecule has 0 bridgehead atoms. The van der Waals surface area contributed by atoms with Gasteiger partial charge in [0.1, 0.15) is 5.69 Å². The fraction of sp³-hybridized carbons (Fsp3) is 0.500. The third kappa shape index (κ3) is 4.10. The van der Waals surface area contributed by atoms with Gasteiger partial charge >= 0.3 is 0 Å². The zero-order valence-corrected chi connectivity index (χ0v) is 15.4. The second-order valence-electron chi connectivity index (χ2n) is 7.95. The summed E-state index contributed by atoms with van der Waals surface area (Å²) in [5.74, 6) is 0.280. The van der Waals surface area contributed by atoms with Crippen molar-refractivity contribution < 1.29 is 9.90 Å². The first kappa shape index (κ1) is 17.7. The summed E-state index contributed by atoms with van der Waals surface area (Å²) in [5.41, 5.74) is 3.34. The van der Waals surface area contributed by atoms with E-state index in [4.69, 9.17) is 0 Å². The number of rotatable bonds is 5. The molecule has 0 saturated heterocycles. The minimum absolute atomic E-state index is 0.155. The standard InChI is InChI=1S/C20H27N3O2/c1-13-5-7-15(8-6-13)18(24)12-21-19(25)16-11-17(14-9-10-14)23(22-16)20(2,3)4/h5-8,11,14,18,24H,9-10,12H2,1-4H3,(H,21,25)/t18-/m1/s1. The van der Waals surface area contributed by atoms with Crippen molar-refractivity contribution in [2.45, 2.75) is 58.1 Å². The third-order valence-electron chi connectivity index (χ3n) is 4.52. The van der Waals surface area contributed by atoms with E-state index in [0.717, 1.165) is 29.7 Å². The number of nitrogens with zero attached hydrogens (tertiary/aromatic N) is 2. The molecule has 1 saturated carbocycles. The molecule has 2 N–H and O–H groups in total. The van der Waals surface area contributed by atoms with Crippen LogP contribution in [0.25, 0.3) is 0 Å². The molecular weight excluding hydrogens is 314 g/mol. The first-order valence-corrected chi connectivity index (χ1v) is 8.89. The molecule has 3 rings (SSSR count). The minimum Gasteiger partial charge on any atom is -0.387 e. The van der Waals surface area contributed by atoms with E-state index in [1.165, 1.54) is 0 Å². The van der Waals surface area contributed by atoms with Gasteiger partial charge in [0.25, 0.3) is 5.91 Å². The van der Waals surface area contributed by atoms with Crippen molar-refractivity contribution in [2.24, 2.45) is 0 Å². The van der Waals surface area contributed by atoms with Crippen LogP contribution in [-0.2, 0) is 5.54 Å². The molecule has 1 aliphatic carbocycles. The lowest BCUT2D eigenvalue weighted by Gasteiger charge is -2.22. The second-order valence-corrected chi connectivity index (χ2v) is 7.95. The van der Waals surface area contributed by atoms with Crippen molar-refractivity contribution >= 4 is 5.91 Å². The van der Waals surface area contributed by atoms with Gasteiger partial charge in [0.05, 0.1) is 11.6 Å². The number of aromatic nitrogens is 2. The summed E-state index contributed by atoms with van der Waals surface area (Å²) in [6, 6.07) is 9.56. The van der Waals surface area contributed by atoms with E-state index in [1.807, 2.05) is 41.9 Å². The number of benzene rings is 1. The van der Waals surface area contributed by atoms with Gasteiger partial charge in [-0.25, -0.2) is 0 Å². The highest BCUT2D eigenvalue weighted by Gasteiger charge is 2.32. The van der Waals surface area contributed by atoms with Gasteiger partial charge in [0.2, 0.25) is 0 Å². The number of carbonyl (C=O) groups is 1. The monoisotopic (exact) mass is 341 g/mol. The molecule has 0 unspecified atom stereocenters. The van der Waals surface area contributed by atoms with Crippen molar-refractivity contribution in [2.75, 3.05) is 6.54 Å². The lowest BCUT2D eigenvalue weighted by Crippen LogP contribution is -2.30. The molecule has 1 aromatic carbocycles. The van der Waals surface area contributed by atoms with E-state index in [-0.39, 0.29) is 18.0 Å². The Morgan fingerprint density at radius 2 is 1.96 bits per heavy atom. The highest BCUT2D eigenvalue weighted by molar-refractivity contribution is 5.92. The maximum atomic E-state index is 12.5. The average Bonchev–Trinajstić information content (AvgIpc) is 3.29. The van der Waals surface area contributed by atoms with Crippen molar-refractivity contribution in [1.82, 2.24) is 15.1 Å². The number of hydrogen-bond donors (Lipinski definition) is 2. The Bertz CT molecular complexity index is 752. The summed E-state index contributed by atoms with van der Waals surface area (Å²) in [7, 11) is 0. The van der Waals surface area contributed by atoms with Crippen LogP contribution in [0.3, 0.4) is 0 Å². The molecule has 1 atom stereocenters. The predicted octanol–water partition coefficient (Wildman–Crippen LogP) is 3.29. The van der Waals surface area contributed by atoms with E-state index in [0.29, 0.717) is 11.6 Å². The third-order valence-corrected chi connectivity index (χ3v) is 4.52. The summed E-state index contributed by atoms with van der Waals surface area (Å²) in [6.45, 7) is 8.45. The molecule has 2 aromatic rings. The van der Waals surface area contributed by atoms with Crippen LogP contribution in [0, 0.1) is 6.92 Å². The molecule has 5 heteroatoms. The van der Waals surface area contributed by atoms with Gasteiger partial charge in [-0.05, 0) is 52.2 Å². The Balaban J connectivity index is 1.68. The number of aliphatic hydroxyl groups excluding tert-OH is 1. The zero-order valence-electron chi connectivity index (χ0n) is 15.4. The van der Waals surface area contributed by atoms with Crippen molar-refractivity contribution in [3.63, 3.8) is 0 Å². The van der Waals surface area contributed by atoms with E-state index in [1.54, 1.807) is 0 Å². The summed E-state index contributed by atoms with van der Waals surface area (Å²) in [4.78, 5) is 12.5. The Hall–Kier alpha value is -2.14. The Labute approximate surface area is 149 Å². The maximum Gasteiger partial charge on any atom is 0.271 e. The van der Waals surface area contributed by atoms with Crippen molar-refractivity contribution in [1.29, 1.82) is 0 Å². The molecule has 134 valence electrons. The molecule has 1 aromatic heterocycles. The molecular formula is C20H27N3O2. The number of amides is 1. The van der Waals surface area contributed by atoms with Gasteiger partial charge in [0, 0.05) is 18.2 Å². The van der Waals surface area contributed by atoms with Gasteiger partial charge in [-0.3, -0.25) is 9.48 Å². The summed E-state index contributed by atoms with van der Waals surface area (Å²) in [5, 5.41) is 17.6. The fourth-order valence-electron chi connectivity index (χ4n) is 2.90. The Morgan fingerprint density at radius 3 is 2.52 bits per heavy atom. The van der Waals surface area contributed by atoms with Crippen LogP contribution in [0.1, 0.15) is 72.9 Å². The molecule has 1 heterocycles. The highest BCUT2D eigenvalue weighted by atomic mass is 16.3. The molecule has 1 amide bonds. The minimum atomic E-state index is -0.725. The highest BCUT2D eigenvalue weighted by Crippen LogP contribution is 2.41. The van der Waals surface area contributed by atoms with E-state index < -0.39 is 6.10 Å². The van der Waals surface area contributed by atoms with Gasteiger partial charge in [-0.1, -0.05) is 29.8 Å². The van der Waals surface area contributed by atoms with Gasteiger partial charge in [-0.2, -0.15) is 5.10 Å². The van der Waals surface area contributed by atoms with Gasteiger partial charge in [-0.15, -0.1) is 0 Å². The SMILES string of the molecule is Cc1ccc([C@H](O)CNC(=O)c2cc(C3CC3)n(C(C)(C)C)n2)cc1. The Kier molecular flexibility index (Phi) is 4.69. The lowest BCUT2D eigenvalue weighted by atomic mass is 10.1. The molecule has 0 radical (unpaired) electrons. The molecule has 5 nitrogen and oxygen atoms in total. The van der Waals surface area contributed by atoms with Crippen LogP contribution in [0.5, 0.6) is 0 Å². The lowest BCUT2D eigenvalue weighted by molar-refractivity contribution is 0.0909. The van der Waals surface area contributed by atoms with E-state index >= 15 is 0 Å². The average molecular weight is 341 g/mol. The molecule has 0 aliphatic heterocycles. The number of carbonyl (C=O) groups excluding carboxylic acids is 1. The molecule has 1 aliphatic rings. The molecule has 0 spiro atoms. The van der Waals surface area contributed by atoms with Crippen LogP contribution >= 0.6 is 0 Å². The van der Waals surface area contributed by atoms with Crippen molar-refractivity contribution in [3.8, 4) is 0 Å². The van der Waals surface area contributed by atoms with Gasteiger partial charge < -0.3 is 10.4 Å². The Morgan fingerprint density at radius 1 is 1.32 bits per heavy atom. The fourth-order valence-corrected chi connectivity index (χ4v) is 2.90. The van der Waals surface area contributed by atoms with Crippen LogP contribution in [0.2, 0.25) is 0 Å². The first-order valence-electron chi connectivity index (χ1n) is 8.89. The summed E-state index contributed by atoms with van der Waals surface area (Å²) >= 11 is 0. The largest absolute Gasteiger partial charge is 0.387 e. The molecule has 25 heavy (non-hydrogen) atoms. The smallest absolute Gasteiger partial charge is 0.271 e. The quantitative estimate of drug-likeness (QED) is 0.877. The van der Waals surface area contributed by atoms with Crippen molar-refractivity contribution in [3.05, 3.63) is 52.8 Å². The predicted molar refractivity (Wildman–Crippen MR) is 97.7 cm³/mol. The van der Waals surface area contributed by atoms with Crippen LogP contribution in [0.4, 0.5) is 0 Å². The van der Waals surface area contributed by atoms with E-state index in [2.05, 4.69) is 31.2 Å². The molecule has 1 fully saturated rings. The first-order chi connectivity index (χ1) is 11.8. The maximum absolute atomic E-state index is 12.5. The normalized spacial score (nSPS) is 15.9. The number of nitrogens with one attached hydrogen (secondary N) is 1. The van der Waals surface area contributed by atoms with Crippen LogP contribution in [-0.4, -0.2) is 27.3 Å². The number of aliphatic hydroxyl groups is 1. The van der Waals surface area contributed by atoms with Gasteiger partial charge in [0.15, 0.2) is 0 Å². The number of hydrogen-bond acceptors (Lipinski definition) is 3. The van der Waals surface area contributed by atoms with Crippen LogP contribution < -0.4 is 5.32 Å². The van der Waals surface area contributed by atoms with Crippen LogP contribution in [0.15, 0.2) is 30.3 Å². The number of aryl methyl sites for hydroxylation is 1. The summed E-state index contributed by atoms with van der Waals surface area (Å²) in [6.07, 6.45) is 1.60. The van der Waals surface area contributed by atoms with E-state index in [9.17, 15) is 9.90 Å². The topological polar surface area (TPSA) is 67.2 Å².